The molecule has 3 heterocycles. The number of carbonyl (C=O) groups excluding carboxylic acids is 1. The van der Waals surface area contributed by atoms with Gasteiger partial charge in [0.2, 0.25) is 0 Å². The molecular formula is C19H32N6O2. The summed E-state index contributed by atoms with van der Waals surface area (Å²) in [6.45, 7) is 11.5. The van der Waals surface area contributed by atoms with Crippen LogP contribution in [-0.2, 0) is 4.74 Å². The van der Waals surface area contributed by atoms with Crippen molar-refractivity contribution >= 4 is 11.8 Å². The number of amides is 2. The minimum absolute atomic E-state index is 0.0392. The summed E-state index contributed by atoms with van der Waals surface area (Å²) < 4.78 is 5.55. The third-order valence-electron chi connectivity index (χ3n) is 5.97. The van der Waals surface area contributed by atoms with Gasteiger partial charge < -0.3 is 19.9 Å². The van der Waals surface area contributed by atoms with Gasteiger partial charge in [-0.2, -0.15) is 5.10 Å². The molecular weight excluding hydrogens is 344 g/mol. The number of morpholine rings is 1. The van der Waals surface area contributed by atoms with Crippen LogP contribution in [0, 0.1) is 0 Å². The van der Waals surface area contributed by atoms with Crippen molar-refractivity contribution in [1.29, 1.82) is 0 Å². The predicted molar refractivity (Wildman–Crippen MR) is 104 cm³/mol. The summed E-state index contributed by atoms with van der Waals surface area (Å²) in [5.74, 6) is 1.71. The van der Waals surface area contributed by atoms with Crippen molar-refractivity contribution in [1.82, 2.24) is 25.3 Å². The Labute approximate surface area is 161 Å². The van der Waals surface area contributed by atoms with Crippen molar-refractivity contribution < 1.29 is 9.53 Å². The molecule has 1 aromatic heterocycles. The van der Waals surface area contributed by atoms with Crippen molar-refractivity contribution in [3.8, 4) is 0 Å². The second-order valence-corrected chi connectivity index (χ2v) is 8.51. The number of aromatic amines is 1. The fraction of sp³-hybridized carbons (Fsp3) is 0.789. The lowest BCUT2D eigenvalue weighted by Gasteiger charge is -2.42. The molecule has 0 atom stereocenters. The first-order chi connectivity index (χ1) is 13.0. The molecule has 8 nitrogen and oxygen atoms in total. The van der Waals surface area contributed by atoms with Crippen LogP contribution in [0.15, 0.2) is 6.07 Å². The number of ether oxygens (including phenoxy) is 1. The molecule has 1 aliphatic carbocycles. The van der Waals surface area contributed by atoms with E-state index in [2.05, 4.69) is 45.2 Å². The van der Waals surface area contributed by atoms with Gasteiger partial charge in [0.15, 0.2) is 5.82 Å². The number of carbonyl (C=O) groups is 1. The number of H-pyrrole nitrogens is 1. The van der Waals surface area contributed by atoms with Crippen LogP contribution in [0.2, 0.25) is 0 Å². The number of piperazine rings is 1. The Morgan fingerprint density at radius 2 is 2.07 bits per heavy atom. The Morgan fingerprint density at radius 3 is 2.78 bits per heavy atom. The molecule has 0 unspecified atom stereocenters. The van der Waals surface area contributed by atoms with Gasteiger partial charge in [0.1, 0.15) is 0 Å². The van der Waals surface area contributed by atoms with E-state index in [-0.39, 0.29) is 11.6 Å². The lowest BCUT2D eigenvalue weighted by atomic mass is 10.0. The maximum Gasteiger partial charge on any atom is 0.317 e. The SMILES string of the molecule is CC1(C)COCCN1CCNC(=O)N1CCN(c2cc(C3CC3)[nH]n2)CC1. The van der Waals surface area contributed by atoms with Gasteiger partial charge in [0.05, 0.1) is 13.2 Å². The van der Waals surface area contributed by atoms with Crippen LogP contribution in [0.1, 0.15) is 38.3 Å². The van der Waals surface area contributed by atoms with Gasteiger partial charge in [-0.15, -0.1) is 0 Å². The average molecular weight is 377 g/mol. The van der Waals surface area contributed by atoms with Crippen LogP contribution < -0.4 is 10.2 Å². The highest BCUT2D eigenvalue weighted by Crippen LogP contribution is 2.39. The zero-order valence-corrected chi connectivity index (χ0v) is 16.5. The highest BCUT2D eigenvalue weighted by atomic mass is 16.5. The maximum atomic E-state index is 12.5. The van der Waals surface area contributed by atoms with Crippen molar-refractivity contribution in [3.05, 3.63) is 11.8 Å². The largest absolute Gasteiger partial charge is 0.378 e. The third-order valence-corrected chi connectivity index (χ3v) is 5.97. The van der Waals surface area contributed by atoms with Gasteiger partial charge in [-0.05, 0) is 26.7 Å². The Morgan fingerprint density at radius 1 is 1.30 bits per heavy atom. The molecule has 1 saturated carbocycles. The number of urea groups is 1. The molecule has 1 aromatic rings. The molecule has 8 heteroatoms. The number of aromatic nitrogens is 2. The number of anilines is 1. The van der Waals surface area contributed by atoms with Crippen LogP contribution in [0.5, 0.6) is 0 Å². The molecule has 0 aromatic carbocycles. The highest BCUT2D eigenvalue weighted by Gasteiger charge is 2.30. The lowest BCUT2D eigenvalue weighted by molar-refractivity contribution is -0.0498. The van der Waals surface area contributed by atoms with E-state index in [0.29, 0.717) is 12.5 Å². The number of nitrogens with zero attached hydrogens (tertiary/aromatic N) is 4. The van der Waals surface area contributed by atoms with Gasteiger partial charge in [0, 0.05) is 69.0 Å². The van der Waals surface area contributed by atoms with Crippen LogP contribution in [-0.4, -0.2) is 90.6 Å². The van der Waals surface area contributed by atoms with E-state index in [9.17, 15) is 4.79 Å². The normalized spacial score (nSPS) is 23.5. The van der Waals surface area contributed by atoms with Crippen molar-refractivity contribution in [2.45, 2.75) is 38.1 Å². The standard InChI is InChI=1S/C19H32N6O2/c1-19(2)14-27-12-11-25(19)6-5-20-18(26)24-9-7-23(8-10-24)17-13-16(21-22-17)15-3-4-15/h13,15H,3-12,14H2,1-2H3,(H,20,26)(H,21,22). The topological polar surface area (TPSA) is 76.7 Å². The van der Waals surface area contributed by atoms with Crippen LogP contribution in [0.4, 0.5) is 10.6 Å². The molecule has 2 N–H and O–H groups in total. The molecule has 0 radical (unpaired) electrons. The van der Waals surface area contributed by atoms with Crippen molar-refractivity contribution in [2.24, 2.45) is 0 Å². The second kappa shape index (κ2) is 7.67. The number of hydrogen-bond acceptors (Lipinski definition) is 5. The quantitative estimate of drug-likeness (QED) is 0.808. The monoisotopic (exact) mass is 376 g/mol. The van der Waals surface area contributed by atoms with E-state index < -0.39 is 0 Å². The smallest absolute Gasteiger partial charge is 0.317 e. The number of nitrogens with one attached hydrogen (secondary N) is 2. The zero-order valence-electron chi connectivity index (χ0n) is 16.5. The lowest BCUT2D eigenvalue weighted by Crippen LogP contribution is -2.56. The number of hydrogen-bond donors (Lipinski definition) is 2. The summed E-state index contributed by atoms with van der Waals surface area (Å²) in [5.41, 5.74) is 1.30. The van der Waals surface area contributed by atoms with Crippen LogP contribution >= 0.6 is 0 Å². The maximum absolute atomic E-state index is 12.5. The summed E-state index contributed by atoms with van der Waals surface area (Å²) in [7, 11) is 0. The van der Waals surface area contributed by atoms with E-state index in [0.717, 1.165) is 58.3 Å². The van der Waals surface area contributed by atoms with Crippen LogP contribution in [0.3, 0.4) is 0 Å². The minimum atomic E-state index is 0.0392. The first kappa shape index (κ1) is 18.6. The van der Waals surface area contributed by atoms with Gasteiger partial charge in [-0.1, -0.05) is 0 Å². The summed E-state index contributed by atoms with van der Waals surface area (Å²) in [6.07, 6.45) is 2.55. The summed E-state index contributed by atoms with van der Waals surface area (Å²) in [6, 6.07) is 2.22. The van der Waals surface area contributed by atoms with Gasteiger partial charge >= 0.3 is 6.03 Å². The first-order valence-corrected chi connectivity index (χ1v) is 10.2. The van der Waals surface area contributed by atoms with Gasteiger partial charge in [0.25, 0.3) is 0 Å². The average Bonchev–Trinajstić information content (AvgIpc) is 3.40. The van der Waals surface area contributed by atoms with E-state index in [1.54, 1.807) is 0 Å². The fourth-order valence-electron chi connectivity index (χ4n) is 3.94. The Kier molecular flexibility index (Phi) is 5.27. The first-order valence-electron chi connectivity index (χ1n) is 10.2. The Balaban J connectivity index is 1.19. The zero-order chi connectivity index (χ0) is 18.9. The highest BCUT2D eigenvalue weighted by molar-refractivity contribution is 5.74. The van der Waals surface area contributed by atoms with Crippen LogP contribution in [0.25, 0.3) is 0 Å². The molecule has 2 saturated heterocycles. The van der Waals surface area contributed by atoms with E-state index in [4.69, 9.17) is 4.74 Å². The van der Waals surface area contributed by atoms with E-state index >= 15 is 0 Å². The molecule has 0 spiro atoms. The minimum Gasteiger partial charge on any atom is -0.378 e. The Bertz CT molecular complexity index is 648. The summed E-state index contributed by atoms with van der Waals surface area (Å²) >= 11 is 0. The molecule has 2 amide bonds. The van der Waals surface area contributed by atoms with Crippen molar-refractivity contribution in [3.63, 3.8) is 0 Å². The summed E-state index contributed by atoms with van der Waals surface area (Å²) in [5, 5.41) is 10.7. The predicted octanol–water partition coefficient (Wildman–Crippen LogP) is 1.23. The molecule has 27 heavy (non-hydrogen) atoms. The third kappa shape index (κ3) is 4.38. The summed E-state index contributed by atoms with van der Waals surface area (Å²) in [4.78, 5) is 19.0. The van der Waals surface area contributed by atoms with Gasteiger partial charge in [-0.3, -0.25) is 10.00 Å². The van der Waals surface area contributed by atoms with Gasteiger partial charge in [-0.25, -0.2) is 4.79 Å². The molecule has 2 aliphatic heterocycles. The van der Waals surface area contributed by atoms with Crippen molar-refractivity contribution in [2.75, 3.05) is 63.9 Å². The molecule has 150 valence electrons. The second-order valence-electron chi connectivity index (χ2n) is 8.51. The van der Waals surface area contributed by atoms with E-state index in [1.165, 1.54) is 18.5 Å². The van der Waals surface area contributed by atoms with E-state index in [1.807, 2.05) is 4.90 Å². The molecule has 3 fully saturated rings. The molecule has 0 bridgehead atoms. The Hall–Kier alpha value is -1.80. The fourth-order valence-corrected chi connectivity index (χ4v) is 3.94. The number of rotatable bonds is 5. The molecule has 4 rings (SSSR count). The molecule has 3 aliphatic rings.